The molecule has 1 saturated heterocycles. The van der Waals surface area contributed by atoms with Crippen molar-refractivity contribution >= 4 is 27.6 Å². The second-order valence-electron chi connectivity index (χ2n) is 6.56. The zero-order valence-corrected chi connectivity index (χ0v) is 16.4. The number of sulfonamides is 1. The predicted molar refractivity (Wildman–Crippen MR) is 103 cm³/mol. The number of carbonyl (C=O) groups excluding carboxylic acids is 2. The molecule has 1 aromatic carbocycles. The minimum Gasteiger partial charge on any atom is -0.619 e. The monoisotopic (exact) mass is 419 g/mol. The van der Waals surface area contributed by atoms with Crippen molar-refractivity contribution in [2.24, 2.45) is 0 Å². The van der Waals surface area contributed by atoms with Gasteiger partial charge >= 0.3 is 5.97 Å². The number of pyridine rings is 1. The summed E-state index contributed by atoms with van der Waals surface area (Å²) in [6.07, 6.45) is 5.04. The Kier molecular flexibility index (Phi) is 6.45. The SMILES string of the molecule is O=C(COC(=O)c1cc[n+]([O-])cc1)Nc1ccc(S(=O)(=O)N2CCCCC2)cc1. The van der Waals surface area contributed by atoms with Gasteiger partial charge in [-0.3, -0.25) is 4.79 Å². The number of nitrogens with one attached hydrogen (secondary N) is 1. The zero-order chi connectivity index (χ0) is 20.9. The van der Waals surface area contributed by atoms with E-state index in [0.29, 0.717) is 23.5 Å². The highest BCUT2D eigenvalue weighted by molar-refractivity contribution is 7.89. The maximum atomic E-state index is 12.6. The average molecular weight is 419 g/mol. The maximum absolute atomic E-state index is 12.6. The van der Waals surface area contributed by atoms with Crippen molar-refractivity contribution in [3.63, 3.8) is 0 Å². The van der Waals surface area contributed by atoms with Crippen molar-refractivity contribution in [1.82, 2.24) is 4.31 Å². The molecule has 3 rings (SSSR count). The van der Waals surface area contributed by atoms with Crippen LogP contribution in [0.3, 0.4) is 0 Å². The third kappa shape index (κ3) is 5.30. The molecular weight excluding hydrogens is 398 g/mol. The summed E-state index contributed by atoms with van der Waals surface area (Å²) in [5, 5.41) is 13.5. The third-order valence-corrected chi connectivity index (χ3v) is 6.38. The molecule has 1 aliphatic heterocycles. The van der Waals surface area contributed by atoms with Crippen LogP contribution < -0.4 is 10.0 Å². The molecule has 0 unspecified atom stereocenters. The lowest BCUT2D eigenvalue weighted by Crippen LogP contribution is -2.35. The summed E-state index contributed by atoms with van der Waals surface area (Å²) >= 11 is 0. The quantitative estimate of drug-likeness (QED) is 0.428. The van der Waals surface area contributed by atoms with Crippen LogP contribution in [0.1, 0.15) is 29.6 Å². The maximum Gasteiger partial charge on any atom is 0.339 e. The normalized spacial score (nSPS) is 14.9. The van der Waals surface area contributed by atoms with Gasteiger partial charge in [0.15, 0.2) is 19.0 Å². The highest BCUT2D eigenvalue weighted by Crippen LogP contribution is 2.22. The molecule has 9 nitrogen and oxygen atoms in total. The highest BCUT2D eigenvalue weighted by atomic mass is 32.2. The molecule has 0 aliphatic carbocycles. The lowest BCUT2D eigenvalue weighted by atomic mass is 10.2. The van der Waals surface area contributed by atoms with E-state index in [1.165, 1.54) is 40.7 Å². The van der Waals surface area contributed by atoms with Crippen LogP contribution in [0.15, 0.2) is 53.7 Å². The number of aromatic nitrogens is 1. The van der Waals surface area contributed by atoms with Crippen molar-refractivity contribution in [3.05, 3.63) is 59.6 Å². The second-order valence-corrected chi connectivity index (χ2v) is 8.50. The molecule has 1 fully saturated rings. The summed E-state index contributed by atoms with van der Waals surface area (Å²) in [5.74, 6) is -1.30. The summed E-state index contributed by atoms with van der Waals surface area (Å²) in [7, 11) is -3.54. The summed E-state index contributed by atoms with van der Waals surface area (Å²) in [5.41, 5.74) is 0.535. The molecule has 1 amide bonds. The molecule has 0 spiro atoms. The van der Waals surface area contributed by atoms with Crippen LogP contribution in [-0.4, -0.2) is 44.3 Å². The Morgan fingerprint density at radius 3 is 2.28 bits per heavy atom. The first-order valence-electron chi connectivity index (χ1n) is 9.12. The lowest BCUT2D eigenvalue weighted by molar-refractivity contribution is -0.605. The number of rotatable bonds is 6. The predicted octanol–water partition coefficient (Wildman–Crippen LogP) is 1.29. The van der Waals surface area contributed by atoms with Crippen molar-refractivity contribution in [2.75, 3.05) is 25.0 Å². The Morgan fingerprint density at radius 1 is 1.03 bits per heavy atom. The van der Waals surface area contributed by atoms with Crippen molar-refractivity contribution in [3.8, 4) is 0 Å². The Bertz CT molecular complexity index is 968. The number of carbonyl (C=O) groups is 2. The van der Waals surface area contributed by atoms with E-state index < -0.39 is 28.5 Å². The van der Waals surface area contributed by atoms with Gasteiger partial charge in [0.05, 0.1) is 10.5 Å². The fourth-order valence-corrected chi connectivity index (χ4v) is 4.44. The molecule has 2 aromatic rings. The van der Waals surface area contributed by atoms with Gasteiger partial charge in [0.1, 0.15) is 0 Å². The zero-order valence-electron chi connectivity index (χ0n) is 15.6. The molecule has 1 N–H and O–H groups in total. The molecule has 29 heavy (non-hydrogen) atoms. The number of piperidine rings is 1. The first-order chi connectivity index (χ1) is 13.9. The van der Waals surface area contributed by atoms with Crippen molar-refractivity contribution in [1.29, 1.82) is 0 Å². The van der Waals surface area contributed by atoms with Crippen LogP contribution in [0, 0.1) is 5.21 Å². The van der Waals surface area contributed by atoms with Gasteiger partial charge in [-0.15, -0.1) is 0 Å². The lowest BCUT2D eigenvalue weighted by Gasteiger charge is -2.25. The molecule has 1 aliphatic rings. The molecule has 1 aromatic heterocycles. The molecule has 0 bridgehead atoms. The van der Waals surface area contributed by atoms with Crippen LogP contribution in [-0.2, 0) is 19.6 Å². The van der Waals surface area contributed by atoms with E-state index in [2.05, 4.69) is 5.32 Å². The van der Waals surface area contributed by atoms with Gasteiger partial charge in [-0.1, -0.05) is 6.42 Å². The number of ether oxygens (including phenoxy) is 1. The fraction of sp³-hybridized carbons (Fsp3) is 0.316. The van der Waals surface area contributed by atoms with Crippen LogP contribution in [0.5, 0.6) is 0 Å². The largest absolute Gasteiger partial charge is 0.619 e. The summed E-state index contributed by atoms with van der Waals surface area (Å²) in [4.78, 5) is 24.0. The van der Waals surface area contributed by atoms with Gasteiger partial charge in [-0.25, -0.2) is 13.2 Å². The van der Waals surface area contributed by atoms with E-state index in [9.17, 15) is 23.2 Å². The Morgan fingerprint density at radius 2 is 1.66 bits per heavy atom. The topological polar surface area (TPSA) is 120 Å². The summed E-state index contributed by atoms with van der Waals surface area (Å²) in [6, 6.07) is 8.42. The minimum atomic E-state index is -3.54. The van der Waals surface area contributed by atoms with E-state index in [0.717, 1.165) is 31.7 Å². The molecular formula is C19H21N3O6S. The number of amides is 1. The van der Waals surface area contributed by atoms with Crippen LogP contribution in [0.2, 0.25) is 0 Å². The number of nitrogens with zero attached hydrogens (tertiary/aromatic N) is 2. The summed E-state index contributed by atoms with van der Waals surface area (Å²) < 4.78 is 32.1. The van der Waals surface area contributed by atoms with E-state index in [-0.39, 0.29) is 10.5 Å². The van der Waals surface area contributed by atoms with Gasteiger partial charge in [-0.2, -0.15) is 9.04 Å². The standard InChI is InChI=1S/C19H21N3O6S/c23-18(14-28-19(24)15-8-12-21(25)13-9-15)20-16-4-6-17(7-5-16)29(26,27)22-10-2-1-3-11-22/h4-9,12-13H,1-3,10-11,14H2,(H,20,23). The highest BCUT2D eigenvalue weighted by Gasteiger charge is 2.25. The Labute approximate surface area is 168 Å². The number of hydrogen-bond donors (Lipinski definition) is 1. The number of anilines is 1. The Hall–Kier alpha value is -2.98. The van der Waals surface area contributed by atoms with Crippen LogP contribution in [0.25, 0.3) is 0 Å². The van der Waals surface area contributed by atoms with Gasteiger partial charge in [0.2, 0.25) is 10.0 Å². The first kappa shape index (κ1) is 20.7. The summed E-state index contributed by atoms with van der Waals surface area (Å²) in [6.45, 7) is 0.518. The van der Waals surface area contributed by atoms with Gasteiger partial charge in [-0.05, 0) is 37.1 Å². The van der Waals surface area contributed by atoms with Crippen LogP contribution in [0.4, 0.5) is 5.69 Å². The number of benzene rings is 1. The molecule has 154 valence electrons. The molecule has 0 atom stereocenters. The molecule has 10 heteroatoms. The smallest absolute Gasteiger partial charge is 0.339 e. The number of hydrogen-bond acceptors (Lipinski definition) is 6. The third-order valence-electron chi connectivity index (χ3n) is 4.46. The number of esters is 1. The first-order valence-corrected chi connectivity index (χ1v) is 10.6. The van der Waals surface area contributed by atoms with E-state index in [4.69, 9.17) is 4.74 Å². The fourth-order valence-electron chi connectivity index (χ4n) is 2.92. The van der Waals surface area contributed by atoms with E-state index in [1.54, 1.807) is 0 Å². The van der Waals surface area contributed by atoms with E-state index >= 15 is 0 Å². The van der Waals surface area contributed by atoms with Crippen LogP contribution >= 0.6 is 0 Å². The molecule has 0 saturated carbocycles. The molecule has 0 radical (unpaired) electrons. The minimum absolute atomic E-state index is 0.150. The average Bonchev–Trinajstić information content (AvgIpc) is 2.73. The van der Waals surface area contributed by atoms with Gasteiger partial charge < -0.3 is 15.3 Å². The second kappa shape index (κ2) is 9.01. The Balaban J connectivity index is 1.54. The van der Waals surface area contributed by atoms with Gasteiger partial charge in [0, 0.05) is 30.9 Å². The molecule has 2 heterocycles. The van der Waals surface area contributed by atoms with Crippen molar-refractivity contribution in [2.45, 2.75) is 24.2 Å². The van der Waals surface area contributed by atoms with Crippen molar-refractivity contribution < 1.29 is 27.5 Å². The van der Waals surface area contributed by atoms with Gasteiger partial charge in [0.25, 0.3) is 5.91 Å². The van der Waals surface area contributed by atoms with E-state index in [1.807, 2.05) is 0 Å².